The van der Waals surface area contributed by atoms with Gasteiger partial charge in [-0.15, -0.1) is 12.4 Å². The molecule has 0 fully saturated rings. The number of alkyl halides is 2. The highest BCUT2D eigenvalue weighted by Gasteiger charge is 2.05. The summed E-state index contributed by atoms with van der Waals surface area (Å²) in [4.78, 5) is 0. The molecule has 0 saturated heterocycles. The van der Waals surface area contributed by atoms with E-state index in [4.69, 9.17) is 0 Å². The van der Waals surface area contributed by atoms with Gasteiger partial charge in [-0.05, 0) is 19.0 Å². The van der Waals surface area contributed by atoms with E-state index in [0.717, 1.165) is 18.7 Å². The first kappa shape index (κ1) is 16.3. The lowest BCUT2D eigenvalue weighted by molar-refractivity contribution is 0.121. The highest BCUT2D eigenvalue weighted by Crippen LogP contribution is 2.00. The number of aromatic nitrogens is 2. The molecule has 0 saturated carbocycles. The molecule has 1 N–H and O–H groups in total. The summed E-state index contributed by atoms with van der Waals surface area (Å²) in [6.07, 6.45) is 2.81. The first-order chi connectivity index (χ1) is 7.72. The van der Waals surface area contributed by atoms with Crippen molar-refractivity contribution in [3.05, 3.63) is 18.0 Å². The van der Waals surface area contributed by atoms with Crippen molar-refractivity contribution in [2.24, 2.45) is 0 Å². The summed E-state index contributed by atoms with van der Waals surface area (Å²) in [7, 11) is 0. The summed E-state index contributed by atoms with van der Waals surface area (Å²) >= 11 is 0. The molecule has 0 atom stereocenters. The molecule has 0 amide bonds. The van der Waals surface area contributed by atoms with Gasteiger partial charge >= 0.3 is 0 Å². The van der Waals surface area contributed by atoms with Gasteiger partial charge in [0, 0.05) is 12.7 Å². The van der Waals surface area contributed by atoms with Crippen LogP contribution in [-0.2, 0) is 13.1 Å². The first-order valence-corrected chi connectivity index (χ1v) is 5.73. The van der Waals surface area contributed by atoms with Crippen molar-refractivity contribution in [2.45, 2.75) is 45.7 Å². The van der Waals surface area contributed by atoms with Gasteiger partial charge in [0.2, 0.25) is 0 Å². The van der Waals surface area contributed by atoms with E-state index in [1.807, 2.05) is 0 Å². The molecule has 0 bridgehead atoms. The van der Waals surface area contributed by atoms with Crippen molar-refractivity contribution < 1.29 is 8.78 Å². The average Bonchev–Trinajstić information content (AvgIpc) is 2.64. The molecule has 17 heavy (non-hydrogen) atoms. The topological polar surface area (TPSA) is 29.9 Å². The van der Waals surface area contributed by atoms with Crippen LogP contribution in [0.5, 0.6) is 0 Å². The van der Waals surface area contributed by atoms with Crippen LogP contribution < -0.4 is 5.32 Å². The second kappa shape index (κ2) is 9.36. The molecule has 0 aliphatic carbocycles. The Morgan fingerprint density at radius 3 is 2.82 bits per heavy atom. The van der Waals surface area contributed by atoms with Crippen LogP contribution in [0, 0.1) is 0 Å². The number of unbranched alkanes of at least 4 members (excludes halogenated alkanes) is 2. The van der Waals surface area contributed by atoms with E-state index in [1.165, 1.54) is 17.5 Å². The molecule has 1 aromatic heterocycles. The molecular formula is C11H20ClF2N3. The molecular weight excluding hydrogens is 248 g/mol. The molecule has 1 heterocycles. The fourth-order valence-electron chi connectivity index (χ4n) is 1.46. The van der Waals surface area contributed by atoms with E-state index in [2.05, 4.69) is 17.3 Å². The summed E-state index contributed by atoms with van der Waals surface area (Å²) < 4.78 is 25.4. The monoisotopic (exact) mass is 267 g/mol. The van der Waals surface area contributed by atoms with Crippen molar-refractivity contribution in [2.75, 3.05) is 6.54 Å². The molecule has 6 heteroatoms. The second-order valence-electron chi connectivity index (χ2n) is 3.80. The van der Waals surface area contributed by atoms with Gasteiger partial charge in [0.1, 0.15) is 6.54 Å². The van der Waals surface area contributed by atoms with Gasteiger partial charge in [-0.1, -0.05) is 19.8 Å². The van der Waals surface area contributed by atoms with Crippen LogP contribution in [0.3, 0.4) is 0 Å². The number of nitrogens with one attached hydrogen (secondary N) is 1. The lowest BCUT2D eigenvalue weighted by atomic mass is 10.2. The SMILES string of the molecule is CCCCCNCc1ccn(CC(F)F)n1.Cl. The number of halogens is 3. The third kappa shape index (κ3) is 7.28. The number of rotatable bonds is 8. The normalized spacial score (nSPS) is 10.6. The number of hydrogen-bond acceptors (Lipinski definition) is 2. The molecule has 1 aromatic rings. The highest BCUT2D eigenvalue weighted by atomic mass is 35.5. The quantitative estimate of drug-likeness (QED) is 0.734. The molecule has 0 aliphatic rings. The van der Waals surface area contributed by atoms with E-state index < -0.39 is 6.43 Å². The van der Waals surface area contributed by atoms with Crippen LogP contribution in [0.15, 0.2) is 12.3 Å². The van der Waals surface area contributed by atoms with Crippen LogP contribution >= 0.6 is 12.4 Å². The summed E-state index contributed by atoms with van der Waals surface area (Å²) in [5, 5.41) is 7.28. The minimum atomic E-state index is -2.34. The minimum Gasteiger partial charge on any atom is -0.311 e. The molecule has 0 radical (unpaired) electrons. The molecule has 0 aliphatic heterocycles. The Bertz CT molecular complexity index is 292. The van der Waals surface area contributed by atoms with Gasteiger partial charge in [0.25, 0.3) is 6.43 Å². The van der Waals surface area contributed by atoms with Crippen molar-refractivity contribution in [1.29, 1.82) is 0 Å². The summed E-state index contributed by atoms with van der Waals surface area (Å²) in [6, 6.07) is 1.77. The van der Waals surface area contributed by atoms with Crippen LogP contribution in [-0.4, -0.2) is 22.8 Å². The third-order valence-corrected chi connectivity index (χ3v) is 2.28. The van der Waals surface area contributed by atoms with Crippen molar-refractivity contribution >= 4 is 12.4 Å². The van der Waals surface area contributed by atoms with Gasteiger partial charge in [0.15, 0.2) is 0 Å². The van der Waals surface area contributed by atoms with Crippen molar-refractivity contribution in [3.63, 3.8) is 0 Å². The summed E-state index contributed by atoms with van der Waals surface area (Å²) in [6.45, 7) is 3.44. The van der Waals surface area contributed by atoms with E-state index in [9.17, 15) is 8.78 Å². The van der Waals surface area contributed by atoms with Crippen molar-refractivity contribution in [1.82, 2.24) is 15.1 Å². The maximum atomic E-state index is 12.0. The third-order valence-electron chi connectivity index (χ3n) is 2.28. The van der Waals surface area contributed by atoms with E-state index in [-0.39, 0.29) is 19.0 Å². The zero-order valence-corrected chi connectivity index (χ0v) is 10.8. The number of nitrogens with zero attached hydrogens (tertiary/aromatic N) is 2. The molecule has 1 rings (SSSR count). The maximum absolute atomic E-state index is 12.0. The van der Waals surface area contributed by atoms with E-state index in [0.29, 0.717) is 6.54 Å². The van der Waals surface area contributed by atoms with E-state index >= 15 is 0 Å². The molecule has 100 valence electrons. The lowest BCUT2D eigenvalue weighted by Gasteiger charge is -2.02. The predicted molar refractivity (Wildman–Crippen MR) is 66.7 cm³/mol. The molecule has 0 aromatic carbocycles. The van der Waals surface area contributed by atoms with Gasteiger partial charge in [-0.2, -0.15) is 5.10 Å². The summed E-state index contributed by atoms with van der Waals surface area (Å²) in [5.74, 6) is 0. The van der Waals surface area contributed by atoms with Crippen molar-refractivity contribution in [3.8, 4) is 0 Å². The smallest absolute Gasteiger partial charge is 0.257 e. The molecule has 0 unspecified atom stereocenters. The Kier molecular flexibility index (Phi) is 8.99. The molecule has 3 nitrogen and oxygen atoms in total. The maximum Gasteiger partial charge on any atom is 0.257 e. The van der Waals surface area contributed by atoms with Crippen LogP contribution in [0.2, 0.25) is 0 Å². The lowest BCUT2D eigenvalue weighted by Crippen LogP contribution is -2.15. The fraction of sp³-hybridized carbons (Fsp3) is 0.727. The van der Waals surface area contributed by atoms with Crippen LogP contribution in [0.1, 0.15) is 31.9 Å². The van der Waals surface area contributed by atoms with Crippen LogP contribution in [0.4, 0.5) is 8.78 Å². The van der Waals surface area contributed by atoms with Crippen LogP contribution in [0.25, 0.3) is 0 Å². The zero-order chi connectivity index (χ0) is 11.8. The fourth-order valence-corrected chi connectivity index (χ4v) is 1.46. The Morgan fingerprint density at radius 2 is 2.18 bits per heavy atom. The summed E-state index contributed by atoms with van der Waals surface area (Å²) in [5.41, 5.74) is 0.817. The van der Waals surface area contributed by atoms with E-state index in [1.54, 1.807) is 12.3 Å². The standard InChI is InChI=1S/C11H19F2N3.ClH/c1-2-3-4-6-14-8-10-5-7-16(15-10)9-11(12)13;/h5,7,11,14H,2-4,6,8-9H2,1H3;1H. The Hall–Kier alpha value is -0.680. The Labute approximate surface area is 107 Å². The van der Waals surface area contributed by atoms with Gasteiger partial charge in [-0.3, -0.25) is 4.68 Å². The predicted octanol–water partition coefficient (Wildman–Crippen LogP) is 2.85. The Balaban J connectivity index is 0.00000256. The van der Waals surface area contributed by atoms with Gasteiger partial charge < -0.3 is 5.32 Å². The van der Waals surface area contributed by atoms with Gasteiger partial charge in [-0.25, -0.2) is 8.78 Å². The zero-order valence-electron chi connectivity index (χ0n) is 10.0. The largest absolute Gasteiger partial charge is 0.311 e. The number of hydrogen-bond donors (Lipinski definition) is 1. The first-order valence-electron chi connectivity index (χ1n) is 5.73. The highest BCUT2D eigenvalue weighted by molar-refractivity contribution is 5.85. The Morgan fingerprint density at radius 1 is 1.41 bits per heavy atom. The minimum absolute atomic E-state index is 0. The average molecular weight is 268 g/mol. The van der Waals surface area contributed by atoms with Gasteiger partial charge in [0.05, 0.1) is 5.69 Å². The molecule has 0 spiro atoms. The second-order valence-corrected chi connectivity index (χ2v) is 3.80.